The van der Waals surface area contributed by atoms with Crippen molar-refractivity contribution in [3.05, 3.63) is 87.9 Å². The third-order valence-electron chi connectivity index (χ3n) is 3.58. The summed E-state index contributed by atoms with van der Waals surface area (Å²) in [6.07, 6.45) is 1.55. The molecule has 2 aromatic carbocycles. The summed E-state index contributed by atoms with van der Waals surface area (Å²) in [4.78, 5) is 16.4. The maximum absolute atomic E-state index is 12.9. The van der Waals surface area contributed by atoms with E-state index in [0.29, 0.717) is 22.3 Å². The Morgan fingerprint density at radius 3 is 2.50 bits per heavy atom. The van der Waals surface area contributed by atoms with Crippen LogP contribution in [0.5, 0.6) is 0 Å². The summed E-state index contributed by atoms with van der Waals surface area (Å²) in [5, 5.41) is 6.69. The number of carbonyl (C=O) groups excluding carboxylic acids is 1. The monoisotopic (exact) mass is 389 g/mol. The van der Waals surface area contributed by atoms with E-state index in [9.17, 15) is 9.18 Å². The van der Waals surface area contributed by atoms with Crippen LogP contribution in [-0.2, 0) is 6.54 Å². The van der Waals surface area contributed by atoms with E-state index in [1.807, 2.05) is 0 Å². The van der Waals surface area contributed by atoms with Crippen molar-refractivity contribution in [2.45, 2.75) is 6.54 Å². The number of aromatic nitrogens is 1. The predicted octanol–water partition coefficient (Wildman–Crippen LogP) is 5.39. The Bertz CT molecular complexity index is 915. The quantitative estimate of drug-likeness (QED) is 0.614. The van der Waals surface area contributed by atoms with Crippen molar-refractivity contribution in [2.75, 3.05) is 10.6 Å². The molecule has 0 aliphatic carbocycles. The van der Waals surface area contributed by atoms with Crippen LogP contribution >= 0.6 is 23.2 Å². The van der Waals surface area contributed by atoms with Crippen LogP contribution in [0.2, 0.25) is 10.0 Å². The number of hydrogen-bond acceptors (Lipinski definition) is 3. The molecule has 26 heavy (non-hydrogen) atoms. The Morgan fingerprint density at radius 1 is 1.04 bits per heavy atom. The molecule has 1 heterocycles. The highest BCUT2D eigenvalue weighted by atomic mass is 35.5. The van der Waals surface area contributed by atoms with Gasteiger partial charge in [0.15, 0.2) is 0 Å². The highest BCUT2D eigenvalue weighted by Crippen LogP contribution is 2.25. The van der Waals surface area contributed by atoms with Gasteiger partial charge >= 0.3 is 0 Å². The fourth-order valence-electron chi connectivity index (χ4n) is 2.22. The lowest BCUT2D eigenvalue weighted by Gasteiger charge is -2.09. The summed E-state index contributed by atoms with van der Waals surface area (Å²) in [5.41, 5.74) is 2.34. The molecule has 0 saturated carbocycles. The summed E-state index contributed by atoms with van der Waals surface area (Å²) in [5.74, 6) is -0.662. The summed E-state index contributed by atoms with van der Waals surface area (Å²) in [6, 6.07) is 14.4. The van der Waals surface area contributed by atoms with Crippen LogP contribution in [0.1, 0.15) is 16.1 Å². The van der Waals surface area contributed by atoms with Crippen LogP contribution in [0.3, 0.4) is 0 Å². The second kappa shape index (κ2) is 8.17. The zero-order chi connectivity index (χ0) is 18.5. The van der Waals surface area contributed by atoms with E-state index in [0.717, 1.165) is 11.3 Å². The molecule has 0 atom stereocenters. The van der Waals surface area contributed by atoms with E-state index < -0.39 is 0 Å². The van der Waals surface area contributed by atoms with Gasteiger partial charge in [-0.05, 0) is 48.0 Å². The van der Waals surface area contributed by atoms with Gasteiger partial charge in [0, 0.05) is 11.6 Å². The molecule has 2 N–H and O–H groups in total. The minimum Gasteiger partial charge on any atom is -0.380 e. The molecule has 7 heteroatoms. The lowest BCUT2D eigenvalue weighted by Crippen LogP contribution is -2.14. The van der Waals surface area contributed by atoms with E-state index in [1.165, 1.54) is 12.1 Å². The summed E-state index contributed by atoms with van der Waals surface area (Å²) >= 11 is 11.9. The van der Waals surface area contributed by atoms with Crippen molar-refractivity contribution in [1.82, 2.24) is 4.98 Å². The first-order valence-electron chi connectivity index (χ1n) is 7.72. The minimum atomic E-state index is -0.390. The Hall–Kier alpha value is -2.63. The van der Waals surface area contributed by atoms with Gasteiger partial charge in [-0.2, -0.15) is 0 Å². The Labute approximate surface area is 160 Å². The molecule has 0 saturated heterocycles. The number of hydrogen-bond donors (Lipinski definition) is 2. The molecule has 132 valence electrons. The fraction of sp³-hybridized carbons (Fsp3) is 0.0526. The van der Waals surface area contributed by atoms with E-state index in [2.05, 4.69) is 15.6 Å². The predicted molar refractivity (Wildman–Crippen MR) is 102 cm³/mol. The number of pyridine rings is 1. The lowest BCUT2D eigenvalue weighted by atomic mass is 10.2. The van der Waals surface area contributed by atoms with Crippen molar-refractivity contribution in [2.24, 2.45) is 0 Å². The van der Waals surface area contributed by atoms with Crippen molar-refractivity contribution in [1.29, 1.82) is 0 Å². The first-order valence-corrected chi connectivity index (χ1v) is 8.47. The van der Waals surface area contributed by atoms with Crippen molar-refractivity contribution >= 4 is 40.5 Å². The third-order valence-corrected chi connectivity index (χ3v) is 4.15. The molecule has 0 bridgehead atoms. The average molecular weight is 390 g/mol. The Kier molecular flexibility index (Phi) is 5.71. The molecule has 0 unspecified atom stereocenters. The molecular weight excluding hydrogens is 376 g/mol. The van der Waals surface area contributed by atoms with E-state index in [1.54, 1.807) is 48.7 Å². The van der Waals surface area contributed by atoms with Crippen molar-refractivity contribution in [3.8, 4) is 0 Å². The van der Waals surface area contributed by atoms with Gasteiger partial charge in [-0.3, -0.25) is 4.79 Å². The molecule has 0 radical (unpaired) electrons. The third kappa shape index (κ3) is 4.71. The summed E-state index contributed by atoms with van der Waals surface area (Å²) in [7, 11) is 0. The maximum atomic E-state index is 12.9. The Balaban J connectivity index is 1.62. The van der Waals surface area contributed by atoms with Gasteiger partial charge in [0.2, 0.25) is 0 Å². The SMILES string of the molecule is O=C(Nc1cc(Cl)ccc1Cl)c1ccc(NCc2ccc(F)cc2)cn1. The highest BCUT2D eigenvalue weighted by molar-refractivity contribution is 6.35. The van der Waals surface area contributed by atoms with Gasteiger partial charge in [-0.25, -0.2) is 9.37 Å². The zero-order valence-electron chi connectivity index (χ0n) is 13.5. The normalized spacial score (nSPS) is 10.4. The molecule has 4 nitrogen and oxygen atoms in total. The Morgan fingerprint density at radius 2 is 1.81 bits per heavy atom. The molecule has 3 rings (SSSR count). The van der Waals surface area contributed by atoms with Crippen LogP contribution in [0.15, 0.2) is 60.8 Å². The fourth-order valence-corrected chi connectivity index (χ4v) is 2.56. The maximum Gasteiger partial charge on any atom is 0.274 e. The molecule has 0 fully saturated rings. The molecule has 0 aliphatic heterocycles. The van der Waals surface area contributed by atoms with Crippen LogP contribution in [-0.4, -0.2) is 10.9 Å². The number of anilines is 2. The van der Waals surface area contributed by atoms with E-state index in [-0.39, 0.29) is 17.4 Å². The molecular formula is C19H14Cl2FN3O. The van der Waals surface area contributed by atoms with Crippen LogP contribution in [0.4, 0.5) is 15.8 Å². The van der Waals surface area contributed by atoms with Gasteiger partial charge in [0.25, 0.3) is 5.91 Å². The number of nitrogens with one attached hydrogen (secondary N) is 2. The van der Waals surface area contributed by atoms with E-state index >= 15 is 0 Å². The van der Waals surface area contributed by atoms with Crippen molar-refractivity contribution in [3.63, 3.8) is 0 Å². The first kappa shape index (κ1) is 18.2. The number of nitrogens with zero attached hydrogens (tertiary/aromatic N) is 1. The van der Waals surface area contributed by atoms with E-state index in [4.69, 9.17) is 23.2 Å². The molecule has 1 amide bonds. The number of rotatable bonds is 5. The van der Waals surface area contributed by atoms with Gasteiger partial charge in [-0.15, -0.1) is 0 Å². The largest absolute Gasteiger partial charge is 0.380 e. The van der Waals surface area contributed by atoms with Crippen molar-refractivity contribution < 1.29 is 9.18 Å². The smallest absolute Gasteiger partial charge is 0.274 e. The first-order chi connectivity index (χ1) is 12.5. The standard InChI is InChI=1S/C19H14Cl2FN3O/c20-13-3-7-16(21)18(9-13)25-19(26)17-8-6-15(11-24-17)23-10-12-1-4-14(22)5-2-12/h1-9,11,23H,10H2,(H,25,26). The second-order valence-electron chi connectivity index (χ2n) is 5.49. The molecule has 1 aromatic heterocycles. The summed E-state index contributed by atoms with van der Waals surface area (Å²) in [6.45, 7) is 0.519. The topological polar surface area (TPSA) is 54.0 Å². The van der Waals surface area contributed by atoms with Crippen LogP contribution in [0.25, 0.3) is 0 Å². The average Bonchev–Trinajstić information content (AvgIpc) is 2.64. The highest BCUT2D eigenvalue weighted by Gasteiger charge is 2.10. The van der Waals surface area contributed by atoms with Gasteiger partial charge in [0.1, 0.15) is 11.5 Å². The molecule has 0 spiro atoms. The summed E-state index contributed by atoms with van der Waals surface area (Å²) < 4.78 is 12.9. The molecule has 3 aromatic rings. The lowest BCUT2D eigenvalue weighted by molar-refractivity contribution is 0.102. The van der Waals surface area contributed by atoms with Gasteiger partial charge < -0.3 is 10.6 Å². The van der Waals surface area contributed by atoms with Crippen LogP contribution in [0, 0.1) is 5.82 Å². The molecule has 0 aliphatic rings. The number of benzene rings is 2. The zero-order valence-corrected chi connectivity index (χ0v) is 15.0. The number of amides is 1. The van der Waals surface area contributed by atoms with Crippen LogP contribution < -0.4 is 10.6 Å². The minimum absolute atomic E-state index is 0.244. The van der Waals surface area contributed by atoms with Gasteiger partial charge in [0.05, 0.1) is 22.6 Å². The number of carbonyl (C=O) groups is 1. The van der Waals surface area contributed by atoms with Gasteiger partial charge in [-0.1, -0.05) is 35.3 Å². The second-order valence-corrected chi connectivity index (χ2v) is 6.33. The number of halogens is 3.